The number of halogens is 1. The van der Waals surface area contributed by atoms with E-state index in [1.165, 1.54) is 11.3 Å². The highest BCUT2D eigenvalue weighted by molar-refractivity contribution is 6.34. The molecule has 2 N–H and O–H groups in total. The van der Waals surface area contributed by atoms with Crippen molar-refractivity contribution in [3.8, 4) is 0 Å². The van der Waals surface area contributed by atoms with Gasteiger partial charge in [0.1, 0.15) is 11.3 Å². The molecule has 0 fully saturated rings. The van der Waals surface area contributed by atoms with Crippen LogP contribution in [-0.2, 0) is 0 Å². The average Bonchev–Trinajstić information content (AvgIpc) is 2.92. The van der Waals surface area contributed by atoms with Crippen molar-refractivity contribution >= 4 is 28.3 Å². The van der Waals surface area contributed by atoms with E-state index in [-0.39, 0.29) is 0 Å². The molecule has 4 heteroatoms. The number of imidazole rings is 1. The highest BCUT2D eigenvalue weighted by atomic mass is 35.5. The van der Waals surface area contributed by atoms with Crippen molar-refractivity contribution < 1.29 is 0 Å². The van der Waals surface area contributed by atoms with Gasteiger partial charge in [-0.05, 0) is 30.2 Å². The molecule has 0 bridgehead atoms. The number of anilines is 1. The SMILES string of the molecule is Clc1cccc2[nH]c(C3CCNc4ccccc43)nc12. The molecule has 2 aromatic carbocycles. The molecule has 0 radical (unpaired) electrons. The average molecular weight is 284 g/mol. The minimum absolute atomic E-state index is 0.302. The number of nitrogens with zero attached hydrogens (tertiary/aromatic N) is 1. The Kier molecular flexibility index (Phi) is 2.67. The van der Waals surface area contributed by atoms with Crippen LogP contribution in [0.2, 0.25) is 5.02 Å². The first-order chi connectivity index (χ1) is 9.83. The second kappa shape index (κ2) is 4.53. The third kappa shape index (κ3) is 1.78. The minimum atomic E-state index is 0.302. The fraction of sp³-hybridized carbons (Fsp3) is 0.188. The Hall–Kier alpha value is -2.00. The summed E-state index contributed by atoms with van der Waals surface area (Å²) in [6, 6.07) is 14.3. The van der Waals surface area contributed by atoms with Gasteiger partial charge in [0.2, 0.25) is 0 Å². The Morgan fingerprint density at radius 3 is 2.90 bits per heavy atom. The van der Waals surface area contributed by atoms with Crippen LogP contribution in [0.5, 0.6) is 0 Å². The zero-order valence-corrected chi connectivity index (χ0v) is 11.6. The maximum atomic E-state index is 6.21. The van der Waals surface area contributed by atoms with E-state index in [4.69, 9.17) is 16.6 Å². The number of para-hydroxylation sites is 2. The molecular formula is C16H14ClN3. The Morgan fingerprint density at radius 2 is 2.00 bits per heavy atom. The number of hydrogen-bond donors (Lipinski definition) is 2. The third-order valence-electron chi connectivity index (χ3n) is 3.90. The van der Waals surface area contributed by atoms with Gasteiger partial charge in [-0.3, -0.25) is 0 Å². The second-order valence-electron chi connectivity index (χ2n) is 5.11. The lowest BCUT2D eigenvalue weighted by atomic mass is 9.90. The topological polar surface area (TPSA) is 40.7 Å². The Balaban J connectivity index is 1.86. The maximum absolute atomic E-state index is 6.21. The molecule has 20 heavy (non-hydrogen) atoms. The molecule has 4 rings (SSSR count). The van der Waals surface area contributed by atoms with Gasteiger partial charge in [-0.1, -0.05) is 35.9 Å². The molecule has 3 nitrogen and oxygen atoms in total. The molecule has 100 valence electrons. The van der Waals surface area contributed by atoms with Crippen LogP contribution in [-0.4, -0.2) is 16.5 Å². The van der Waals surface area contributed by atoms with Crippen molar-refractivity contribution in [3.05, 3.63) is 58.9 Å². The van der Waals surface area contributed by atoms with Crippen LogP contribution in [0.4, 0.5) is 5.69 Å². The number of fused-ring (bicyclic) bond motifs is 2. The summed E-state index contributed by atoms with van der Waals surface area (Å²) in [5, 5.41) is 4.14. The molecule has 0 amide bonds. The number of aromatic amines is 1. The van der Waals surface area contributed by atoms with Crippen LogP contribution >= 0.6 is 11.6 Å². The monoisotopic (exact) mass is 283 g/mol. The van der Waals surface area contributed by atoms with Crippen molar-refractivity contribution in [2.75, 3.05) is 11.9 Å². The first-order valence-corrected chi connectivity index (χ1v) is 7.17. The number of aromatic nitrogens is 2. The van der Waals surface area contributed by atoms with E-state index < -0.39 is 0 Å². The Labute approximate surface area is 122 Å². The van der Waals surface area contributed by atoms with Crippen LogP contribution in [0.25, 0.3) is 11.0 Å². The lowest BCUT2D eigenvalue weighted by Crippen LogP contribution is -2.18. The highest BCUT2D eigenvalue weighted by Crippen LogP contribution is 2.36. The van der Waals surface area contributed by atoms with Crippen molar-refractivity contribution in [2.45, 2.75) is 12.3 Å². The first-order valence-electron chi connectivity index (χ1n) is 6.80. The first kappa shape index (κ1) is 11.8. The molecule has 0 saturated carbocycles. The molecule has 1 aliphatic heterocycles. The summed E-state index contributed by atoms with van der Waals surface area (Å²) in [6.45, 7) is 0.965. The molecule has 1 unspecified atom stereocenters. The zero-order chi connectivity index (χ0) is 13.5. The van der Waals surface area contributed by atoms with E-state index in [0.717, 1.165) is 29.8 Å². The van der Waals surface area contributed by atoms with Crippen LogP contribution in [0.15, 0.2) is 42.5 Å². The van der Waals surface area contributed by atoms with Crippen molar-refractivity contribution in [2.24, 2.45) is 0 Å². The van der Waals surface area contributed by atoms with E-state index in [2.05, 4.69) is 34.6 Å². The number of benzene rings is 2. The summed E-state index contributed by atoms with van der Waals surface area (Å²) in [7, 11) is 0. The molecule has 2 heterocycles. The van der Waals surface area contributed by atoms with Crippen molar-refractivity contribution in [3.63, 3.8) is 0 Å². The standard InChI is InChI=1S/C16H14ClN3/c17-12-5-3-7-14-15(12)20-16(19-14)11-8-9-18-13-6-2-1-4-10(11)13/h1-7,11,18H,8-9H2,(H,19,20). The van der Waals surface area contributed by atoms with Crippen molar-refractivity contribution in [1.29, 1.82) is 0 Å². The predicted molar refractivity (Wildman–Crippen MR) is 82.5 cm³/mol. The lowest BCUT2D eigenvalue weighted by molar-refractivity contribution is 0.686. The summed E-state index contributed by atoms with van der Waals surface area (Å²) in [5.41, 5.74) is 4.37. The normalized spacial score (nSPS) is 17.8. The zero-order valence-electron chi connectivity index (χ0n) is 10.9. The minimum Gasteiger partial charge on any atom is -0.385 e. The summed E-state index contributed by atoms with van der Waals surface area (Å²) in [5.74, 6) is 1.30. The molecule has 3 aromatic rings. The highest BCUT2D eigenvalue weighted by Gasteiger charge is 2.24. The molecule has 1 atom stereocenters. The van der Waals surface area contributed by atoms with E-state index in [0.29, 0.717) is 10.9 Å². The van der Waals surface area contributed by atoms with Gasteiger partial charge < -0.3 is 10.3 Å². The Morgan fingerprint density at radius 1 is 1.10 bits per heavy atom. The molecular weight excluding hydrogens is 270 g/mol. The largest absolute Gasteiger partial charge is 0.385 e. The van der Waals surface area contributed by atoms with Crippen LogP contribution in [0, 0.1) is 0 Å². The fourth-order valence-electron chi connectivity index (χ4n) is 2.93. The molecule has 0 aliphatic carbocycles. The van der Waals surface area contributed by atoms with Gasteiger partial charge in [0.15, 0.2) is 0 Å². The van der Waals surface area contributed by atoms with Crippen molar-refractivity contribution in [1.82, 2.24) is 9.97 Å². The molecule has 0 spiro atoms. The van der Waals surface area contributed by atoms with E-state index in [9.17, 15) is 0 Å². The molecule has 1 aromatic heterocycles. The number of nitrogens with one attached hydrogen (secondary N) is 2. The lowest BCUT2D eigenvalue weighted by Gasteiger charge is -2.25. The number of rotatable bonds is 1. The number of H-pyrrole nitrogens is 1. The van der Waals surface area contributed by atoms with Gasteiger partial charge >= 0.3 is 0 Å². The summed E-state index contributed by atoms with van der Waals surface area (Å²) >= 11 is 6.21. The summed E-state index contributed by atoms with van der Waals surface area (Å²) < 4.78 is 0. The van der Waals surface area contributed by atoms with Crippen LogP contribution in [0.3, 0.4) is 0 Å². The van der Waals surface area contributed by atoms with Gasteiger partial charge in [-0.25, -0.2) is 4.98 Å². The van der Waals surface area contributed by atoms with E-state index in [1.807, 2.05) is 18.2 Å². The Bertz CT molecular complexity index is 778. The van der Waals surface area contributed by atoms with Gasteiger partial charge in [-0.15, -0.1) is 0 Å². The van der Waals surface area contributed by atoms with Crippen LogP contribution in [0.1, 0.15) is 23.7 Å². The summed E-state index contributed by atoms with van der Waals surface area (Å²) in [6.07, 6.45) is 1.04. The molecule has 1 aliphatic rings. The third-order valence-corrected chi connectivity index (χ3v) is 4.20. The smallest absolute Gasteiger partial charge is 0.115 e. The van der Waals surface area contributed by atoms with Gasteiger partial charge in [0, 0.05) is 18.2 Å². The van der Waals surface area contributed by atoms with Gasteiger partial charge in [-0.2, -0.15) is 0 Å². The second-order valence-corrected chi connectivity index (χ2v) is 5.52. The fourth-order valence-corrected chi connectivity index (χ4v) is 3.15. The number of hydrogen-bond acceptors (Lipinski definition) is 2. The summed E-state index contributed by atoms with van der Waals surface area (Å²) in [4.78, 5) is 8.14. The quantitative estimate of drug-likeness (QED) is 0.704. The molecule has 0 saturated heterocycles. The van der Waals surface area contributed by atoms with Gasteiger partial charge in [0.25, 0.3) is 0 Å². The van der Waals surface area contributed by atoms with E-state index >= 15 is 0 Å². The maximum Gasteiger partial charge on any atom is 0.115 e. The predicted octanol–water partition coefficient (Wildman–Crippen LogP) is 4.16. The van der Waals surface area contributed by atoms with E-state index in [1.54, 1.807) is 0 Å². The van der Waals surface area contributed by atoms with Gasteiger partial charge in [0.05, 0.1) is 10.5 Å². The van der Waals surface area contributed by atoms with Crippen LogP contribution < -0.4 is 5.32 Å².